The van der Waals surface area contributed by atoms with Crippen LogP contribution in [0.2, 0.25) is 0 Å². The maximum atomic E-state index is 10.7. The number of nitrogens with zero attached hydrogens (tertiary/aromatic N) is 5. The van der Waals surface area contributed by atoms with Gasteiger partial charge in [0.05, 0.1) is 36.4 Å². The molecule has 9 heteroatoms. The number of nitrogens with one attached hydrogen (secondary N) is 1. The van der Waals surface area contributed by atoms with E-state index in [4.69, 9.17) is 15.5 Å². The van der Waals surface area contributed by atoms with E-state index in [9.17, 15) is 5.11 Å². The highest BCUT2D eigenvalue weighted by molar-refractivity contribution is 5.92. The van der Waals surface area contributed by atoms with Crippen LogP contribution >= 0.6 is 0 Å². The number of aliphatic hydroxyl groups is 1. The Kier molecular flexibility index (Phi) is 5.10. The van der Waals surface area contributed by atoms with E-state index >= 15 is 0 Å². The lowest BCUT2D eigenvalue weighted by atomic mass is 9.74. The van der Waals surface area contributed by atoms with Crippen molar-refractivity contribution in [3.63, 3.8) is 0 Å². The molecule has 0 aromatic carbocycles. The Balaban J connectivity index is 1.64. The van der Waals surface area contributed by atoms with Crippen LogP contribution in [0.1, 0.15) is 57.4 Å². The maximum Gasteiger partial charge on any atom is 0.169 e. The van der Waals surface area contributed by atoms with E-state index in [2.05, 4.69) is 40.1 Å². The molecule has 1 saturated heterocycles. The first-order valence-corrected chi connectivity index (χ1v) is 11.2. The number of pyridine rings is 1. The molecule has 1 aliphatic heterocycles. The first-order valence-electron chi connectivity index (χ1n) is 11.2. The van der Waals surface area contributed by atoms with Crippen molar-refractivity contribution in [3.05, 3.63) is 23.9 Å². The highest BCUT2D eigenvalue weighted by Gasteiger charge is 2.34. The average molecular weight is 426 g/mol. The molecule has 2 aliphatic rings. The van der Waals surface area contributed by atoms with Crippen molar-refractivity contribution in [2.45, 2.75) is 63.5 Å². The van der Waals surface area contributed by atoms with Gasteiger partial charge in [-0.1, -0.05) is 6.92 Å². The Morgan fingerprint density at radius 2 is 2.16 bits per heavy atom. The van der Waals surface area contributed by atoms with Gasteiger partial charge in [-0.25, -0.2) is 4.98 Å². The third-order valence-electron chi connectivity index (χ3n) is 7.07. The number of fused-ring (bicyclic) bond motifs is 1. The molecular weight excluding hydrogens is 394 g/mol. The average Bonchev–Trinajstić information content (AvgIpc) is 3.42. The summed E-state index contributed by atoms with van der Waals surface area (Å²) in [5.41, 5.74) is 7.81. The number of aromatic nitrogens is 5. The molecule has 3 aromatic heterocycles. The van der Waals surface area contributed by atoms with Crippen molar-refractivity contribution >= 4 is 22.7 Å². The predicted molar refractivity (Wildman–Crippen MR) is 119 cm³/mol. The highest BCUT2D eigenvalue weighted by Crippen LogP contribution is 2.43. The van der Waals surface area contributed by atoms with Crippen molar-refractivity contribution < 1.29 is 9.84 Å². The Hall–Kier alpha value is -2.65. The van der Waals surface area contributed by atoms with Gasteiger partial charge in [0, 0.05) is 12.6 Å². The van der Waals surface area contributed by atoms with Gasteiger partial charge in [-0.05, 0) is 56.6 Å². The van der Waals surface area contributed by atoms with Gasteiger partial charge in [0.15, 0.2) is 17.3 Å². The zero-order valence-corrected chi connectivity index (χ0v) is 18.2. The second kappa shape index (κ2) is 7.80. The smallest absolute Gasteiger partial charge is 0.169 e. The van der Waals surface area contributed by atoms with Gasteiger partial charge >= 0.3 is 0 Å². The molecule has 1 atom stereocenters. The lowest BCUT2D eigenvalue weighted by molar-refractivity contribution is -0.00408. The number of nitrogens with two attached hydrogens (primary N) is 1. The normalized spacial score (nSPS) is 27.1. The monoisotopic (exact) mass is 425 g/mol. The zero-order valence-electron chi connectivity index (χ0n) is 18.2. The van der Waals surface area contributed by atoms with Crippen LogP contribution < -0.4 is 10.6 Å². The van der Waals surface area contributed by atoms with Gasteiger partial charge < -0.3 is 20.5 Å². The van der Waals surface area contributed by atoms with E-state index in [1.807, 2.05) is 6.07 Å². The number of H-pyrrole nitrogens is 1. The molecule has 166 valence electrons. The first kappa shape index (κ1) is 20.3. The molecule has 31 heavy (non-hydrogen) atoms. The van der Waals surface area contributed by atoms with Crippen LogP contribution in [0, 0.1) is 0 Å². The number of rotatable bonds is 4. The van der Waals surface area contributed by atoms with E-state index in [0.717, 1.165) is 61.3 Å². The highest BCUT2D eigenvalue weighted by atomic mass is 16.5. The Labute approximate surface area is 181 Å². The Bertz CT molecular complexity index is 1050. The molecule has 0 unspecified atom stereocenters. The largest absolute Gasteiger partial charge is 0.390 e. The molecule has 0 spiro atoms. The molecular formula is C22H31N7O2. The number of morpholine rings is 1. The Morgan fingerprint density at radius 3 is 2.84 bits per heavy atom. The van der Waals surface area contributed by atoms with Crippen LogP contribution in [0.3, 0.4) is 0 Å². The summed E-state index contributed by atoms with van der Waals surface area (Å²) in [4.78, 5) is 7.32. The van der Waals surface area contributed by atoms with Crippen molar-refractivity contribution in [1.29, 1.82) is 0 Å². The molecule has 5 rings (SSSR count). The van der Waals surface area contributed by atoms with E-state index in [0.29, 0.717) is 24.9 Å². The standard InChI is InChI=1S/C22H31N7O2/c1-3-22(30)7-4-15(5-8-22)16-12-18(28-10-11-31-13-14(28)2)25-21-19(16)20(23)27-29(21)17-6-9-24-26-17/h6,9,12,14-15,30H,3-5,7-8,10-11,13H2,1-2H3,(H2,23,27)(H,24,26)/t14-,15?,22?/m1/s1. The predicted octanol–water partition coefficient (Wildman–Crippen LogP) is 2.75. The van der Waals surface area contributed by atoms with Gasteiger partial charge in [-0.15, -0.1) is 5.10 Å². The number of anilines is 2. The summed E-state index contributed by atoms with van der Waals surface area (Å²) in [5, 5.41) is 23.3. The Morgan fingerprint density at radius 1 is 1.35 bits per heavy atom. The summed E-state index contributed by atoms with van der Waals surface area (Å²) in [6.45, 7) is 6.40. The topological polar surface area (TPSA) is 118 Å². The quantitative estimate of drug-likeness (QED) is 0.588. The number of aromatic amines is 1. The molecule has 3 aromatic rings. The summed E-state index contributed by atoms with van der Waals surface area (Å²) in [5.74, 6) is 2.45. The van der Waals surface area contributed by atoms with Crippen LogP contribution in [0.25, 0.3) is 16.9 Å². The molecule has 2 fully saturated rings. The third-order valence-corrected chi connectivity index (χ3v) is 7.07. The molecule has 4 heterocycles. The summed E-state index contributed by atoms with van der Waals surface area (Å²) < 4.78 is 7.39. The van der Waals surface area contributed by atoms with Crippen LogP contribution in [0.5, 0.6) is 0 Å². The minimum absolute atomic E-state index is 0.240. The lowest BCUT2D eigenvalue weighted by Gasteiger charge is -2.37. The fourth-order valence-corrected chi connectivity index (χ4v) is 5.05. The summed E-state index contributed by atoms with van der Waals surface area (Å²) in [6.07, 6.45) is 5.95. The zero-order chi connectivity index (χ0) is 21.6. The first-order chi connectivity index (χ1) is 15.0. The molecule has 1 saturated carbocycles. The van der Waals surface area contributed by atoms with Gasteiger partial charge in [-0.2, -0.15) is 9.78 Å². The lowest BCUT2D eigenvalue weighted by Crippen LogP contribution is -2.44. The molecule has 4 N–H and O–H groups in total. The van der Waals surface area contributed by atoms with Crippen LogP contribution in [0.15, 0.2) is 18.3 Å². The van der Waals surface area contributed by atoms with E-state index < -0.39 is 5.60 Å². The fourth-order valence-electron chi connectivity index (χ4n) is 5.05. The van der Waals surface area contributed by atoms with E-state index in [1.54, 1.807) is 10.9 Å². The summed E-state index contributed by atoms with van der Waals surface area (Å²) >= 11 is 0. The van der Waals surface area contributed by atoms with Crippen LogP contribution in [-0.2, 0) is 4.74 Å². The van der Waals surface area contributed by atoms with Crippen LogP contribution in [0.4, 0.5) is 11.6 Å². The summed E-state index contributed by atoms with van der Waals surface area (Å²) in [7, 11) is 0. The second-order valence-corrected chi connectivity index (χ2v) is 8.98. The molecule has 0 amide bonds. The molecule has 1 aliphatic carbocycles. The molecule has 9 nitrogen and oxygen atoms in total. The minimum atomic E-state index is -0.546. The second-order valence-electron chi connectivity index (χ2n) is 8.98. The van der Waals surface area contributed by atoms with Crippen molar-refractivity contribution in [2.75, 3.05) is 30.4 Å². The SMILES string of the molecule is CCC1(O)CCC(c2cc(N3CCOC[C@H]3C)nc3c2c(N)nn3-c2ccn[nH]2)CC1. The maximum absolute atomic E-state index is 10.7. The molecule has 0 radical (unpaired) electrons. The van der Waals surface area contributed by atoms with E-state index in [1.165, 1.54) is 5.56 Å². The van der Waals surface area contributed by atoms with Gasteiger partial charge in [0.25, 0.3) is 0 Å². The van der Waals surface area contributed by atoms with E-state index in [-0.39, 0.29) is 6.04 Å². The summed E-state index contributed by atoms with van der Waals surface area (Å²) in [6, 6.07) is 4.30. The third kappa shape index (κ3) is 3.55. The molecule has 0 bridgehead atoms. The number of ether oxygens (including phenoxy) is 1. The van der Waals surface area contributed by atoms with Crippen molar-refractivity contribution in [1.82, 2.24) is 25.0 Å². The van der Waals surface area contributed by atoms with Crippen molar-refractivity contribution in [2.24, 2.45) is 0 Å². The number of hydrogen-bond donors (Lipinski definition) is 3. The van der Waals surface area contributed by atoms with Crippen molar-refractivity contribution in [3.8, 4) is 5.82 Å². The van der Waals surface area contributed by atoms with Gasteiger partial charge in [0.2, 0.25) is 0 Å². The minimum Gasteiger partial charge on any atom is -0.390 e. The van der Waals surface area contributed by atoms with Gasteiger partial charge in [-0.3, -0.25) is 5.10 Å². The fraction of sp³-hybridized carbons (Fsp3) is 0.591. The number of nitrogen functional groups attached to an aromatic ring is 1. The van der Waals surface area contributed by atoms with Gasteiger partial charge in [0.1, 0.15) is 5.82 Å². The van der Waals surface area contributed by atoms with Crippen LogP contribution in [-0.4, -0.2) is 61.5 Å². The number of hydrogen-bond acceptors (Lipinski definition) is 7.